The summed E-state index contributed by atoms with van der Waals surface area (Å²) < 4.78 is 5.24. The van der Waals surface area contributed by atoms with Crippen LogP contribution in [0.5, 0.6) is 0 Å². The number of carbonyl (C=O) groups excluding carboxylic acids is 1. The van der Waals surface area contributed by atoms with Crippen LogP contribution < -0.4 is 20.9 Å². The summed E-state index contributed by atoms with van der Waals surface area (Å²) >= 11 is 6.83. The highest BCUT2D eigenvalue weighted by Gasteiger charge is 2.38. The average molecular weight is 617 g/mol. The second kappa shape index (κ2) is 12.8. The number of aromatic nitrogens is 3. The summed E-state index contributed by atoms with van der Waals surface area (Å²) in [5.74, 6) is 0.358. The van der Waals surface area contributed by atoms with Gasteiger partial charge in [-0.3, -0.25) is 28.5 Å². The minimum Gasteiger partial charge on any atom is -0.357 e. The lowest BCUT2D eigenvalue weighted by atomic mass is 10.0. The number of amides is 1. The van der Waals surface area contributed by atoms with Gasteiger partial charge in [0.2, 0.25) is 0 Å². The summed E-state index contributed by atoms with van der Waals surface area (Å²) in [5, 5.41) is 10.0. The molecule has 0 bridgehead atoms. The molecule has 0 aliphatic carbocycles. The molecule has 2 aliphatic heterocycles. The highest BCUT2D eigenvalue weighted by Crippen LogP contribution is 2.39. The summed E-state index contributed by atoms with van der Waals surface area (Å²) in [4.78, 5) is 45.3. The fourth-order valence-corrected chi connectivity index (χ4v) is 7.15. The number of benzene rings is 1. The van der Waals surface area contributed by atoms with E-state index in [4.69, 9.17) is 12.2 Å². The molecule has 0 unspecified atom stereocenters. The Morgan fingerprint density at radius 1 is 1.02 bits per heavy atom. The van der Waals surface area contributed by atoms with Crippen LogP contribution >= 0.6 is 24.0 Å². The summed E-state index contributed by atoms with van der Waals surface area (Å²) in [7, 11) is 1.78. The van der Waals surface area contributed by atoms with Gasteiger partial charge in [0.25, 0.3) is 17.0 Å². The van der Waals surface area contributed by atoms with Gasteiger partial charge in [0.1, 0.15) is 23.1 Å². The molecule has 0 atom stereocenters. The van der Waals surface area contributed by atoms with E-state index in [0.717, 1.165) is 69.2 Å². The number of anilines is 2. The van der Waals surface area contributed by atoms with E-state index in [1.807, 2.05) is 30.3 Å². The molecule has 0 saturated carbocycles. The van der Waals surface area contributed by atoms with Crippen molar-refractivity contribution in [2.45, 2.75) is 65.8 Å². The van der Waals surface area contributed by atoms with Crippen molar-refractivity contribution < 1.29 is 4.79 Å². The number of unbranched alkanes of at least 4 members (excludes halogenated alkanes) is 1. The van der Waals surface area contributed by atoms with Crippen molar-refractivity contribution in [2.24, 2.45) is 7.05 Å². The van der Waals surface area contributed by atoms with Crippen molar-refractivity contribution in [1.29, 1.82) is 5.26 Å². The molecule has 0 N–H and O–H groups in total. The molecule has 5 rings (SSSR count). The van der Waals surface area contributed by atoms with E-state index < -0.39 is 5.91 Å². The topological polar surface area (TPSA) is 96.3 Å². The van der Waals surface area contributed by atoms with Gasteiger partial charge in [0.05, 0.1) is 16.3 Å². The van der Waals surface area contributed by atoms with E-state index in [-0.39, 0.29) is 26.7 Å². The smallest absolute Gasteiger partial charge is 0.296 e. The van der Waals surface area contributed by atoms with E-state index in [0.29, 0.717) is 34.0 Å². The van der Waals surface area contributed by atoms with E-state index in [2.05, 4.69) is 17.9 Å². The monoisotopic (exact) mass is 616 g/mol. The lowest BCUT2D eigenvalue weighted by Crippen LogP contribution is -2.35. The quantitative estimate of drug-likeness (QED) is 0.259. The van der Waals surface area contributed by atoms with Crippen molar-refractivity contribution >= 4 is 51.8 Å². The zero-order valence-corrected chi connectivity index (χ0v) is 26.7. The molecule has 11 heteroatoms. The van der Waals surface area contributed by atoms with E-state index >= 15 is 0 Å². The van der Waals surface area contributed by atoms with Gasteiger partial charge in [-0.2, -0.15) is 5.26 Å². The third kappa shape index (κ3) is 5.50. The number of para-hydroxylation sites is 1. The van der Waals surface area contributed by atoms with Crippen LogP contribution in [0.25, 0.3) is 11.8 Å². The average Bonchev–Trinajstić information content (AvgIpc) is 3.24. The lowest BCUT2D eigenvalue weighted by molar-refractivity contribution is -0.113. The molecule has 2 aromatic heterocycles. The summed E-state index contributed by atoms with van der Waals surface area (Å²) in [6.07, 6.45) is 7.70. The predicted molar refractivity (Wildman–Crippen MR) is 177 cm³/mol. The maximum Gasteiger partial charge on any atom is 0.296 e. The second-order valence-corrected chi connectivity index (χ2v) is 12.7. The third-order valence-electron chi connectivity index (χ3n) is 8.30. The van der Waals surface area contributed by atoms with Gasteiger partial charge in [0.15, 0.2) is 4.32 Å². The van der Waals surface area contributed by atoms with Crippen LogP contribution in [0, 0.1) is 25.2 Å². The van der Waals surface area contributed by atoms with Gasteiger partial charge < -0.3 is 4.90 Å². The maximum absolute atomic E-state index is 14.1. The van der Waals surface area contributed by atoms with Gasteiger partial charge in [0, 0.05) is 32.2 Å². The van der Waals surface area contributed by atoms with Crippen LogP contribution in [0.15, 0.2) is 44.8 Å². The van der Waals surface area contributed by atoms with Crippen molar-refractivity contribution in [2.75, 3.05) is 22.9 Å². The number of nitriles is 1. The Morgan fingerprint density at radius 3 is 2.33 bits per heavy atom. The molecule has 2 aliphatic rings. The fraction of sp³-hybridized carbons (Fsp3) is 0.406. The first kappa shape index (κ1) is 30.6. The normalized spacial score (nSPS) is 16.7. The van der Waals surface area contributed by atoms with Gasteiger partial charge in [-0.25, -0.2) is 4.68 Å². The van der Waals surface area contributed by atoms with Crippen molar-refractivity contribution in [3.8, 4) is 11.8 Å². The molecule has 9 nitrogen and oxygen atoms in total. The minimum atomic E-state index is -0.396. The SMILES string of the molecule is CCCCn1c(N2CCCCCC2)c(C=C2SC(=S)N(c3c(C)n(C)n(-c4ccccc4)c3=O)C2=O)c(C)c(C#N)c1=O. The fourth-order valence-electron chi connectivity index (χ4n) is 5.89. The molecule has 1 amide bonds. The van der Waals surface area contributed by atoms with Crippen LogP contribution in [-0.2, 0) is 18.4 Å². The lowest BCUT2D eigenvalue weighted by Gasteiger charge is -2.29. The van der Waals surface area contributed by atoms with Gasteiger partial charge in [-0.15, -0.1) is 0 Å². The molecular weight excluding hydrogens is 581 g/mol. The molecule has 0 spiro atoms. The van der Waals surface area contributed by atoms with E-state index in [9.17, 15) is 19.6 Å². The van der Waals surface area contributed by atoms with Crippen molar-refractivity contribution in [3.05, 3.63) is 78.3 Å². The first-order valence-electron chi connectivity index (χ1n) is 14.8. The standard InChI is InChI=1S/C32H36N6O3S2/c1-5-6-18-36-28(35-16-12-7-8-13-17-35)24(21(2)25(20-33)29(36)39)19-26-30(40)37(32(42)43-26)27-22(3)34(4)38(31(27)41)23-14-10-9-11-15-23/h9-11,14-15,19H,5-8,12-13,16-18H2,1-4H3. The van der Waals surface area contributed by atoms with Gasteiger partial charge in [-0.1, -0.05) is 68.4 Å². The third-order valence-corrected chi connectivity index (χ3v) is 9.61. The van der Waals surface area contributed by atoms with Gasteiger partial charge in [-0.05, 0) is 56.9 Å². The number of nitrogens with zero attached hydrogens (tertiary/aromatic N) is 6. The highest BCUT2D eigenvalue weighted by atomic mass is 32.2. The molecule has 1 aromatic carbocycles. The molecule has 2 fully saturated rings. The number of hydrogen-bond donors (Lipinski definition) is 0. The first-order chi connectivity index (χ1) is 20.7. The maximum atomic E-state index is 14.1. The predicted octanol–water partition coefficient (Wildman–Crippen LogP) is 5.41. The Balaban J connectivity index is 1.66. The largest absolute Gasteiger partial charge is 0.357 e. The highest BCUT2D eigenvalue weighted by molar-refractivity contribution is 8.27. The zero-order valence-electron chi connectivity index (χ0n) is 25.1. The van der Waals surface area contributed by atoms with Gasteiger partial charge >= 0.3 is 0 Å². The number of thiocarbonyl (C=S) groups is 1. The molecule has 224 valence electrons. The number of rotatable bonds is 7. The summed E-state index contributed by atoms with van der Waals surface area (Å²) in [6, 6.07) is 11.4. The second-order valence-electron chi connectivity index (χ2n) is 11.0. The first-order valence-corrected chi connectivity index (χ1v) is 16.0. The Bertz CT molecular complexity index is 1770. The Hall–Kier alpha value is -3.88. The number of carbonyl (C=O) groups is 1. The van der Waals surface area contributed by atoms with Crippen LogP contribution in [-0.4, -0.2) is 37.2 Å². The van der Waals surface area contributed by atoms with Crippen molar-refractivity contribution in [3.63, 3.8) is 0 Å². The molecule has 4 heterocycles. The zero-order chi connectivity index (χ0) is 30.8. The molecule has 0 radical (unpaired) electrons. The Morgan fingerprint density at radius 2 is 1.70 bits per heavy atom. The molecule has 43 heavy (non-hydrogen) atoms. The van der Waals surface area contributed by atoms with Crippen LogP contribution in [0.3, 0.4) is 0 Å². The van der Waals surface area contributed by atoms with E-state index in [1.165, 1.54) is 9.58 Å². The molecular formula is C32H36N6O3S2. The minimum absolute atomic E-state index is 0.0843. The van der Waals surface area contributed by atoms with Crippen molar-refractivity contribution in [1.82, 2.24) is 13.9 Å². The van der Waals surface area contributed by atoms with Crippen LogP contribution in [0.1, 0.15) is 67.8 Å². The Kier molecular flexibility index (Phi) is 9.08. The molecule has 3 aromatic rings. The Labute approximate surface area is 261 Å². The molecule has 2 saturated heterocycles. The number of thioether (sulfide) groups is 1. The number of hydrogen-bond acceptors (Lipinski definition) is 7. The number of pyridine rings is 1. The summed E-state index contributed by atoms with van der Waals surface area (Å²) in [5.41, 5.74) is 2.18. The van der Waals surface area contributed by atoms with Crippen LogP contribution in [0.4, 0.5) is 11.5 Å². The summed E-state index contributed by atoms with van der Waals surface area (Å²) in [6.45, 7) is 7.71. The van der Waals surface area contributed by atoms with Crippen LogP contribution in [0.2, 0.25) is 0 Å². The van der Waals surface area contributed by atoms with E-state index in [1.54, 1.807) is 36.2 Å².